The molecule has 0 N–H and O–H groups in total. The average molecular weight is 387 g/mol. The van der Waals surface area contributed by atoms with Crippen molar-refractivity contribution in [3.05, 3.63) is 99.0 Å². The Morgan fingerprint density at radius 2 is 1.69 bits per heavy atom. The van der Waals surface area contributed by atoms with Crippen LogP contribution in [0.5, 0.6) is 5.75 Å². The third kappa shape index (κ3) is 2.63. The monoisotopic (exact) mass is 387 g/mol. The number of aromatic nitrogens is 1. The van der Waals surface area contributed by atoms with Crippen molar-refractivity contribution in [3.8, 4) is 5.75 Å². The molecule has 2 aliphatic rings. The zero-order chi connectivity index (χ0) is 20.1. The highest BCUT2D eigenvalue weighted by atomic mass is 16.5. The Bertz CT molecular complexity index is 1140. The van der Waals surface area contributed by atoms with Crippen molar-refractivity contribution in [2.45, 2.75) is 19.6 Å². The first-order chi connectivity index (χ1) is 14.1. The predicted octanol–water partition coefficient (Wildman–Crippen LogP) is 2.82. The molecule has 6 nitrogen and oxygen atoms in total. The van der Waals surface area contributed by atoms with Gasteiger partial charge in [0.25, 0.3) is 5.91 Å². The van der Waals surface area contributed by atoms with Gasteiger partial charge in [-0.05, 0) is 24.1 Å². The number of carbonyl (C=O) groups excluding carboxylic acids is 1. The molecule has 29 heavy (non-hydrogen) atoms. The van der Waals surface area contributed by atoms with Crippen LogP contribution in [0, 0.1) is 6.92 Å². The maximum absolute atomic E-state index is 12.9. The number of amides is 1. The molecule has 0 bridgehead atoms. The highest BCUT2D eigenvalue weighted by Gasteiger charge is 2.36. The van der Waals surface area contributed by atoms with Gasteiger partial charge in [0.05, 0.1) is 0 Å². The molecule has 1 amide bonds. The van der Waals surface area contributed by atoms with Gasteiger partial charge in [-0.1, -0.05) is 42.5 Å². The minimum atomic E-state index is -0.166. The summed E-state index contributed by atoms with van der Waals surface area (Å²) in [5, 5.41) is 2.12. The second kappa shape index (κ2) is 6.51. The molecule has 5 rings (SSSR count). The number of rotatable bonds is 1. The van der Waals surface area contributed by atoms with Gasteiger partial charge in [-0.15, -0.1) is 0 Å². The fourth-order valence-corrected chi connectivity index (χ4v) is 4.25. The number of pyridine rings is 1. The lowest BCUT2D eigenvalue weighted by atomic mass is 9.94. The molecule has 146 valence electrons. The number of nitrogens with zero attached hydrogens (tertiary/aromatic N) is 3. The van der Waals surface area contributed by atoms with Crippen molar-refractivity contribution in [1.82, 2.24) is 9.58 Å². The van der Waals surface area contributed by atoms with Crippen molar-refractivity contribution in [1.29, 1.82) is 0 Å². The summed E-state index contributed by atoms with van der Waals surface area (Å²) in [7, 11) is 1.76. The van der Waals surface area contributed by atoms with Crippen LogP contribution in [0.2, 0.25) is 0 Å². The second-order valence-electron chi connectivity index (χ2n) is 7.51. The van der Waals surface area contributed by atoms with Crippen molar-refractivity contribution in [2.24, 2.45) is 0 Å². The number of hydrogen-bond donors (Lipinski definition) is 0. The summed E-state index contributed by atoms with van der Waals surface area (Å²) >= 11 is 0. The zero-order valence-electron chi connectivity index (χ0n) is 16.3. The van der Waals surface area contributed by atoms with E-state index in [1.807, 2.05) is 35.0 Å². The van der Waals surface area contributed by atoms with Crippen LogP contribution < -0.4 is 15.2 Å². The van der Waals surface area contributed by atoms with E-state index in [0.717, 1.165) is 22.4 Å². The van der Waals surface area contributed by atoms with Crippen LogP contribution in [0.1, 0.15) is 38.8 Å². The SMILES string of the molecule is Cc1c2n(ccc1=O)N(C1c3ccccc3COc3ccccc31)CN(C)C2=O. The quantitative estimate of drug-likeness (QED) is 0.644. The fraction of sp³-hybridized carbons (Fsp3) is 0.217. The minimum Gasteiger partial charge on any atom is -0.489 e. The van der Waals surface area contributed by atoms with Gasteiger partial charge in [0.15, 0.2) is 5.43 Å². The summed E-state index contributed by atoms with van der Waals surface area (Å²) in [4.78, 5) is 26.8. The van der Waals surface area contributed by atoms with E-state index in [4.69, 9.17) is 4.74 Å². The van der Waals surface area contributed by atoms with E-state index in [2.05, 4.69) is 23.2 Å². The smallest absolute Gasteiger partial charge is 0.274 e. The van der Waals surface area contributed by atoms with Crippen LogP contribution >= 0.6 is 0 Å². The Hall–Kier alpha value is -3.54. The molecule has 6 heteroatoms. The Kier molecular flexibility index (Phi) is 3.94. The number of para-hydroxylation sites is 1. The van der Waals surface area contributed by atoms with Gasteiger partial charge in [-0.3, -0.25) is 19.3 Å². The molecule has 0 spiro atoms. The number of benzene rings is 2. The highest BCUT2D eigenvalue weighted by molar-refractivity contribution is 5.94. The van der Waals surface area contributed by atoms with Crippen LogP contribution in [0.15, 0.2) is 65.6 Å². The van der Waals surface area contributed by atoms with E-state index in [9.17, 15) is 9.59 Å². The Morgan fingerprint density at radius 3 is 2.52 bits per heavy atom. The highest BCUT2D eigenvalue weighted by Crippen LogP contribution is 2.39. The standard InChI is InChI=1S/C23H21N3O3/c1-15-19(27)11-12-25-21(15)23(28)24(2)14-26(25)22-17-8-4-3-7-16(17)13-29-20-10-6-5-9-18(20)22/h3-12,22H,13-14H2,1-2H3. The number of carbonyl (C=O) groups is 1. The summed E-state index contributed by atoms with van der Waals surface area (Å²) in [5.41, 5.74) is 3.99. The Labute approximate surface area is 168 Å². The van der Waals surface area contributed by atoms with E-state index in [0.29, 0.717) is 24.5 Å². The van der Waals surface area contributed by atoms with Gasteiger partial charge in [0, 0.05) is 30.4 Å². The number of fused-ring (bicyclic) bond motifs is 3. The summed E-state index contributed by atoms with van der Waals surface area (Å²) < 4.78 is 7.94. The Morgan fingerprint density at radius 1 is 0.966 bits per heavy atom. The molecule has 0 aliphatic carbocycles. The maximum atomic E-state index is 12.9. The normalized spacial score (nSPS) is 17.7. The van der Waals surface area contributed by atoms with Crippen LogP contribution in [-0.4, -0.2) is 29.2 Å². The van der Waals surface area contributed by atoms with E-state index in [-0.39, 0.29) is 17.4 Å². The van der Waals surface area contributed by atoms with Gasteiger partial charge < -0.3 is 9.64 Å². The summed E-state index contributed by atoms with van der Waals surface area (Å²) in [6.07, 6.45) is 1.70. The second-order valence-corrected chi connectivity index (χ2v) is 7.51. The lowest BCUT2D eigenvalue weighted by molar-refractivity contribution is 0.0730. The van der Waals surface area contributed by atoms with Crippen molar-refractivity contribution in [3.63, 3.8) is 0 Å². The van der Waals surface area contributed by atoms with E-state index in [1.54, 1.807) is 25.1 Å². The third-order valence-electron chi connectivity index (χ3n) is 5.75. The van der Waals surface area contributed by atoms with Crippen molar-refractivity contribution in [2.75, 3.05) is 18.7 Å². The maximum Gasteiger partial charge on any atom is 0.274 e. The van der Waals surface area contributed by atoms with Gasteiger partial charge >= 0.3 is 0 Å². The molecule has 2 aromatic carbocycles. The molecule has 1 atom stereocenters. The molecule has 0 radical (unpaired) electrons. The summed E-state index contributed by atoms with van der Waals surface area (Å²) in [6.45, 7) is 2.59. The first-order valence-corrected chi connectivity index (χ1v) is 9.60. The van der Waals surface area contributed by atoms with E-state index >= 15 is 0 Å². The van der Waals surface area contributed by atoms with E-state index < -0.39 is 0 Å². The van der Waals surface area contributed by atoms with Crippen molar-refractivity contribution >= 4 is 5.91 Å². The van der Waals surface area contributed by atoms with Crippen LogP contribution in [0.4, 0.5) is 0 Å². The van der Waals surface area contributed by atoms with Gasteiger partial charge in [-0.25, -0.2) is 0 Å². The lowest BCUT2D eigenvalue weighted by Crippen LogP contribution is -2.54. The topological polar surface area (TPSA) is 54.8 Å². The first kappa shape index (κ1) is 17.6. The van der Waals surface area contributed by atoms with Crippen LogP contribution in [0.25, 0.3) is 0 Å². The van der Waals surface area contributed by atoms with Gasteiger partial charge in [-0.2, -0.15) is 0 Å². The van der Waals surface area contributed by atoms with Gasteiger partial charge in [0.2, 0.25) is 0 Å². The lowest BCUT2D eigenvalue weighted by Gasteiger charge is -2.43. The molecule has 0 fully saturated rings. The van der Waals surface area contributed by atoms with Gasteiger partial charge in [0.1, 0.15) is 30.8 Å². The predicted molar refractivity (Wildman–Crippen MR) is 110 cm³/mol. The van der Waals surface area contributed by atoms with E-state index in [1.165, 1.54) is 6.07 Å². The third-order valence-corrected chi connectivity index (χ3v) is 5.75. The number of hydrogen-bond acceptors (Lipinski definition) is 4. The molecule has 0 saturated carbocycles. The average Bonchev–Trinajstić information content (AvgIpc) is 2.90. The molecule has 3 heterocycles. The van der Waals surface area contributed by atoms with Crippen LogP contribution in [0.3, 0.4) is 0 Å². The molecule has 1 aromatic heterocycles. The molecule has 3 aromatic rings. The Balaban J connectivity index is 1.79. The largest absolute Gasteiger partial charge is 0.489 e. The molecule has 0 saturated heterocycles. The molecular weight excluding hydrogens is 366 g/mol. The van der Waals surface area contributed by atoms with Crippen molar-refractivity contribution < 1.29 is 9.53 Å². The summed E-state index contributed by atoms with van der Waals surface area (Å²) in [5.74, 6) is 0.676. The zero-order valence-corrected chi connectivity index (χ0v) is 16.3. The fourth-order valence-electron chi connectivity index (χ4n) is 4.25. The number of ether oxygens (including phenoxy) is 1. The molecular formula is C23H21N3O3. The first-order valence-electron chi connectivity index (χ1n) is 9.60. The van der Waals surface area contributed by atoms with Crippen LogP contribution in [-0.2, 0) is 6.61 Å². The summed E-state index contributed by atoms with van der Waals surface area (Å²) in [6, 6.07) is 17.6. The molecule has 1 unspecified atom stereocenters. The molecule has 2 aliphatic heterocycles. The minimum absolute atomic E-state index is 0.134.